The highest BCUT2D eigenvalue weighted by atomic mass is 35.5. The number of anilines is 1. The summed E-state index contributed by atoms with van der Waals surface area (Å²) in [5, 5.41) is 3.49. The highest BCUT2D eigenvalue weighted by Crippen LogP contribution is 2.31. The summed E-state index contributed by atoms with van der Waals surface area (Å²) < 4.78 is 31.7. The summed E-state index contributed by atoms with van der Waals surface area (Å²) in [6.45, 7) is 3.53. The van der Waals surface area contributed by atoms with Crippen molar-refractivity contribution in [2.45, 2.75) is 39.3 Å². The number of benzene rings is 2. The van der Waals surface area contributed by atoms with E-state index in [1.165, 1.54) is 12.0 Å². The van der Waals surface area contributed by atoms with Crippen molar-refractivity contribution in [3.63, 3.8) is 0 Å². The third kappa shape index (κ3) is 7.49. The molecule has 0 aliphatic heterocycles. The van der Waals surface area contributed by atoms with Gasteiger partial charge in [0, 0.05) is 28.7 Å². The van der Waals surface area contributed by atoms with E-state index in [-0.39, 0.29) is 18.1 Å². The molecule has 2 rings (SSSR count). The molecule has 2 amide bonds. The molecule has 0 bridgehead atoms. The number of sulfonamides is 1. The molecule has 0 saturated heterocycles. The third-order valence-electron chi connectivity index (χ3n) is 5.36. The zero-order chi connectivity index (χ0) is 26.2. The molecule has 1 unspecified atom stereocenters. The van der Waals surface area contributed by atoms with E-state index in [4.69, 9.17) is 27.9 Å². The number of nitrogens with zero attached hydrogens (tertiary/aromatic N) is 2. The number of halogens is 2. The van der Waals surface area contributed by atoms with Crippen LogP contribution in [0.3, 0.4) is 0 Å². The molecule has 11 heteroatoms. The van der Waals surface area contributed by atoms with Crippen molar-refractivity contribution >= 4 is 50.7 Å². The SMILES string of the molecule is CCCNC(=O)C(CC)N(Cc1c(Cl)cccc1Cl)C(=O)CN(c1ccccc1OC)S(C)(=O)=O. The second kappa shape index (κ2) is 13.0. The van der Waals surface area contributed by atoms with E-state index in [0.29, 0.717) is 34.3 Å². The molecular formula is C24H31Cl2N3O5S. The lowest BCUT2D eigenvalue weighted by atomic mass is 10.1. The molecular weight excluding hydrogens is 513 g/mol. The average Bonchev–Trinajstić information content (AvgIpc) is 2.81. The van der Waals surface area contributed by atoms with Gasteiger partial charge in [0.25, 0.3) is 0 Å². The second-order valence-electron chi connectivity index (χ2n) is 7.88. The van der Waals surface area contributed by atoms with Crippen molar-refractivity contribution in [3.8, 4) is 5.75 Å². The van der Waals surface area contributed by atoms with Crippen LogP contribution in [-0.2, 0) is 26.2 Å². The van der Waals surface area contributed by atoms with E-state index in [1.54, 1.807) is 49.4 Å². The van der Waals surface area contributed by atoms with E-state index in [1.807, 2.05) is 6.92 Å². The fourth-order valence-corrected chi connectivity index (χ4v) is 4.94. The summed E-state index contributed by atoms with van der Waals surface area (Å²) in [5.74, 6) is -0.635. The molecule has 2 aromatic carbocycles. The van der Waals surface area contributed by atoms with E-state index < -0.39 is 28.5 Å². The van der Waals surface area contributed by atoms with Crippen molar-refractivity contribution in [3.05, 3.63) is 58.1 Å². The quantitative estimate of drug-likeness (QED) is 0.434. The third-order valence-corrected chi connectivity index (χ3v) is 7.19. The first-order chi connectivity index (χ1) is 16.5. The van der Waals surface area contributed by atoms with E-state index in [9.17, 15) is 18.0 Å². The van der Waals surface area contributed by atoms with Gasteiger partial charge in [-0.15, -0.1) is 0 Å². The number of rotatable bonds is 12. The molecule has 0 aliphatic carbocycles. The van der Waals surface area contributed by atoms with Crippen LogP contribution in [0.4, 0.5) is 5.69 Å². The van der Waals surface area contributed by atoms with E-state index in [2.05, 4.69) is 5.32 Å². The highest BCUT2D eigenvalue weighted by molar-refractivity contribution is 7.92. The molecule has 0 heterocycles. The summed E-state index contributed by atoms with van der Waals surface area (Å²) in [7, 11) is -2.47. The summed E-state index contributed by atoms with van der Waals surface area (Å²) in [4.78, 5) is 28.0. The number of para-hydroxylation sites is 2. The van der Waals surface area contributed by atoms with Gasteiger partial charge in [0.05, 0.1) is 19.1 Å². The Kier molecular flexibility index (Phi) is 10.7. The van der Waals surface area contributed by atoms with Crippen LogP contribution in [0.15, 0.2) is 42.5 Å². The van der Waals surface area contributed by atoms with Gasteiger partial charge in [-0.05, 0) is 37.1 Å². The van der Waals surface area contributed by atoms with E-state index >= 15 is 0 Å². The molecule has 1 atom stereocenters. The van der Waals surface area contributed by atoms with E-state index in [0.717, 1.165) is 17.0 Å². The minimum absolute atomic E-state index is 0.0705. The van der Waals surface area contributed by atoms with Crippen LogP contribution in [0, 0.1) is 0 Å². The highest BCUT2D eigenvalue weighted by Gasteiger charge is 2.33. The average molecular weight is 545 g/mol. The number of nitrogens with one attached hydrogen (secondary N) is 1. The number of hydrogen-bond donors (Lipinski definition) is 1. The number of hydrogen-bond acceptors (Lipinski definition) is 5. The van der Waals surface area contributed by atoms with Gasteiger partial charge < -0.3 is 15.0 Å². The fourth-order valence-electron chi connectivity index (χ4n) is 3.57. The Morgan fingerprint density at radius 1 is 1.06 bits per heavy atom. The van der Waals surface area contributed by atoms with Crippen molar-refractivity contribution < 1.29 is 22.7 Å². The Hall–Kier alpha value is -2.49. The van der Waals surface area contributed by atoms with Crippen LogP contribution in [0.2, 0.25) is 10.0 Å². The molecule has 0 fully saturated rings. The molecule has 8 nitrogen and oxygen atoms in total. The Balaban J connectivity index is 2.52. The maximum Gasteiger partial charge on any atom is 0.244 e. The smallest absolute Gasteiger partial charge is 0.244 e. The van der Waals surface area contributed by atoms with Crippen LogP contribution < -0.4 is 14.4 Å². The van der Waals surface area contributed by atoms with Crippen LogP contribution in [0.5, 0.6) is 5.75 Å². The molecule has 2 aromatic rings. The van der Waals surface area contributed by atoms with Gasteiger partial charge in [-0.25, -0.2) is 8.42 Å². The normalized spacial score (nSPS) is 12.1. The Labute approximate surface area is 217 Å². The number of methoxy groups -OCH3 is 1. The summed E-state index contributed by atoms with van der Waals surface area (Å²) in [6.07, 6.45) is 2.03. The van der Waals surface area contributed by atoms with Gasteiger partial charge in [-0.2, -0.15) is 0 Å². The zero-order valence-corrected chi connectivity index (χ0v) is 22.6. The minimum Gasteiger partial charge on any atom is -0.495 e. The van der Waals surface area contributed by atoms with Gasteiger partial charge in [-0.3, -0.25) is 13.9 Å². The van der Waals surface area contributed by atoms with Gasteiger partial charge in [0.2, 0.25) is 21.8 Å². The lowest BCUT2D eigenvalue weighted by Crippen LogP contribution is -2.52. The molecule has 0 radical (unpaired) electrons. The lowest BCUT2D eigenvalue weighted by molar-refractivity contribution is -0.140. The van der Waals surface area contributed by atoms with Crippen LogP contribution >= 0.6 is 23.2 Å². The summed E-state index contributed by atoms with van der Waals surface area (Å²) in [5.41, 5.74) is 0.680. The predicted molar refractivity (Wildman–Crippen MR) is 140 cm³/mol. The van der Waals surface area contributed by atoms with Gasteiger partial charge in [0.1, 0.15) is 18.3 Å². The van der Waals surface area contributed by atoms with Gasteiger partial charge >= 0.3 is 0 Å². The largest absolute Gasteiger partial charge is 0.495 e. The number of amides is 2. The molecule has 0 spiro atoms. The minimum atomic E-state index is -3.88. The molecule has 192 valence electrons. The number of ether oxygens (including phenoxy) is 1. The van der Waals surface area contributed by atoms with Crippen LogP contribution in [0.1, 0.15) is 32.3 Å². The second-order valence-corrected chi connectivity index (χ2v) is 10.6. The Morgan fingerprint density at radius 2 is 1.69 bits per heavy atom. The molecule has 0 aliphatic rings. The molecule has 35 heavy (non-hydrogen) atoms. The van der Waals surface area contributed by atoms with Crippen LogP contribution in [-0.4, -0.2) is 57.6 Å². The summed E-state index contributed by atoms with van der Waals surface area (Å²) in [6, 6.07) is 10.6. The number of carbonyl (C=O) groups is 2. The first-order valence-electron chi connectivity index (χ1n) is 11.2. The predicted octanol–water partition coefficient (Wildman–Crippen LogP) is 4.10. The van der Waals surface area contributed by atoms with Crippen molar-refractivity contribution in [1.29, 1.82) is 0 Å². The Bertz CT molecular complexity index is 1120. The molecule has 0 aromatic heterocycles. The Morgan fingerprint density at radius 3 is 2.23 bits per heavy atom. The molecule has 0 saturated carbocycles. The lowest BCUT2D eigenvalue weighted by Gasteiger charge is -2.33. The van der Waals surface area contributed by atoms with Crippen LogP contribution in [0.25, 0.3) is 0 Å². The monoisotopic (exact) mass is 543 g/mol. The first kappa shape index (κ1) is 28.7. The van der Waals surface area contributed by atoms with Crippen molar-refractivity contribution in [1.82, 2.24) is 10.2 Å². The molecule has 1 N–H and O–H groups in total. The maximum absolute atomic E-state index is 13.7. The van der Waals surface area contributed by atoms with Gasteiger partial charge in [0.15, 0.2) is 0 Å². The topological polar surface area (TPSA) is 96.0 Å². The van der Waals surface area contributed by atoms with Crippen molar-refractivity contribution in [2.24, 2.45) is 0 Å². The standard InChI is InChI=1S/C24H31Cl2N3O5S/c1-5-14-27-24(31)20(6-2)28(15-17-18(25)10-9-11-19(17)26)23(30)16-29(35(4,32)33)21-12-7-8-13-22(21)34-3/h7-13,20H,5-6,14-16H2,1-4H3,(H,27,31). The van der Waals surface area contributed by atoms with Gasteiger partial charge in [-0.1, -0.05) is 55.2 Å². The number of carbonyl (C=O) groups excluding carboxylic acids is 2. The summed E-state index contributed by atoms with van der Waals surface area (Å²) >= 11 is 12.7. The first-order valence-corrected chi connectivity index (χ1v) is 13.8. The van der Waals surface area contributed by atoms with Crippen molar-refractivity contribution in [2.75, 3.05) is 30.8 Å². The fraction of sp³-hybridized carbons (Fsp3) is 0.417. The maximum atomic E-state index is 13.7. The zero-order valence-electron chi connectivity index (χ0n) is 20.3.